The van der Waals surface area contributed by atoms with Crippen LogP contribution in [-0.4, -0.2) is 39.3 Å². The minimum absolute atomic E-state index is 0.192. The quantitative estimate of drug-likeness (QED) is 0.845. The smallest absolute Gasteiger partial charge is 0.275 e. The first-order valence-electron chi connectivity index (χ1n) is 9.47. The van der Waals surface area contributed by atoms with Crippen LogP contribution in [0.15, 0.2) is 12.1 Å². The number of methoxy groups -OCH3 is 2. The van der Waals surface area contributed by atoms with Crippen molar-refractivity contribution in [2.45, 2.75) is 51.6 Å². The highest BCUT2D eigenvalue weighted by molar-refractivity contribution is 5.77. The van der Waals surface area contributed by atoms with E-state index in [1.54, 1.807) is 14.2 Å². The van der Waals surface area contributed by atoms with Crippen molar-refractivity contribution >= 4 is 5.91 Å². The van der Waals surface area contributed by atoms with Crippen LogP contribution in [0.5, 0.6) is 11.5 Å². The first-order valence-corrected chi connectivity index (χ1v) is 9.47. The summed E-state index contributed by atoms with van der Waals surface area (Å²) in [5.41, 5.74) is 2.57. The van der Waals surface area contributed by atoms with Gasteiger partial charge in [0.05, 0.1) is 20.8 Å². The van der Waals surface area contributed by atoms with Crippen LogP contribution >= 0.6 is 0 Å². The van der Waals surface area contributed by atoms with Crippen molar-refractivity contribution in [1.29, 1.82) is 0 Å². The Hall–Kier alpha value is -1.75. The zero-order valence-corrected chi connectivity index (χ0v) is 15.7. The van der Waals surface area contributed by atoms with E-state index in [2.05, 4.69) is 24.4 Å². The van der Waals surface area contributed by atoms with Crippen LogP contribution in [0.1, 0.15) is 43.7 Å². The fourth-order valence-electron chi connectivity index (χ4n) is 4.20. The lowest BCUT2D eigenvalue weighted by Crippen LogP contribution is -3.13. The number of carbonyl (C=O) groups excluding carboxylic acids is 1. The Morgan fingerprint density at radius 3 is 2.52 bits per heavy atom. The maximum atomic E-state index is 12.5. The number of rotatable bonds is 5. The van der Waals surface area contributed by atoms with Gasteiger partial charge in [-0.05, 0) is 36.5 Å². The lowest BCUT2D eigenvalue weighted by atomic mass is 9.86. The molecule has 1 unspecified atom stereocenters. The lowest BCUT2D eigenvalue weighted by Gasteiger charge is -2.31. The molecule has 5 heteroatoms. The molecule has 25 heavy (non-hydrogen) atoms. The minimum atomic E-state index is 0.192. The monoisotopic (exact) mass is 347 g/mol. The van der Waals surface area contributed by atoms with Crippen molar-refractivity contribution in [2.75, 3.05) is 27.3 Å². The second kappa shape index (κ2) is 8.09. The van der Waals surface area contributed by atoms with E-state index >= 15 is 0 Å². The number of nitrogens with one attached hydrogen (secondary N) is 2. The summed E-state index contributed by atoms with van der Waals surface area (Å²) < 4.78 is 10.8. The summed E-state index contributed by atoms with van der Waals surface area (Å²) in [4.78, 5) is 13.8. The van der Waals surface area contributed by atoms with Crippen molar-refractivity contribution < 1.29 is 19.2 Å². The third kappa shape index (κ3) is 4.27. The van der Waals surface area contributed by atoms with Gasteiger partial charge in [-0.25, -0.2) is 0 Å². The number of fused-ring (bicyclic) bond motifs is 1. The van der Waals surface area contributed by atoms with Gasteiger partial charge < -0.3 is 19.7 Å². The molecule has 2 aliphatic rings. The van der Waals surface area contributed by atoms with Gasteiger partial charge in [0, 0.05) is 18.0 Å². The molecule has 1 saturated carbocycles. The Morgan fingerprint density at radius 2 is 1.84 bits per heavy atom. The third-order valence-electron chi connectivity index (χ3n) is 5.76. The Labute approximate surface area is 150 Å². The topological polar surface area (TPSA) is 52.0 Å². The maximum Gasteiger partial charge on any atom is 0.275 e. The summed E-state index contributed by atoms with van der Waals surface area (Å²) in [7, 11) is 3.33. The summed E-state index contributed by atoms with van der Waals surface area (Å²) >= 11 is 0. The van der Waals surface area contributed by atoms with Crippen molar-refractivity contribution in [3.63, 3.8) is 0 Å². The van der Waals surface area contributed by atoms with Gasteiger partial charge >= 0.3 is 0 Å². The molecule has 0 spiro atoms. The molecule has 0 saturated heterocycles. The van der Waals surface area contributed by atoms with Gasteiger partial charge in [-0.15, -0.1) is 0 Å². The maximum absolute atomic E-state index is 12.5. The van der Waals surface area contributed by atoms with E-state index in [9.17, 15) is 4.79 Å². The number of benzene rings is 1. The molecular formula is C20H31N2O3+. The summed E-state index contributed by atoms with van der Waals surface area (Å²) in [6.45, 7) is 4.66. The first-order chi connectivity index (χ1) is 12.1. The minimum Gasteiger partial charge on any atom is -0.493 e. The number of carbonyl (C=O) groups is 1. The van der Waals surface area contributed by atoms with Crippen molar-refractivity contribution in [1.82, 2.24) is 5.32 Å². The summed E-state index contributed by atoms with van der Waals surface area (Å²) in [5.74, 6) is 2.35. The molecule has 1 heterocycles. The largest absolute Gasteiger partial charge is 0.493 e. The molecule has 3 rings (SSSR count). The third-order valence-corrected chi connectivity index (χ3v) is 5.76. The summed E-state index contributed by atoms with van der Waals surface area (Å²) in [6, 6.07) is 4.51. The molecule has 1 aromatic rings. The fraction of sp³-hybridized carbons (Fsp3) is 0.650. The average Bonchev–Trinajstić information content (AvgIpc) is 2.62. The van der Waals surface area contributed by atoms with Crippen LogP contribution in [-0.2, 0) is 17.8 Å². The second-order valence-corrected chi connectivity index (χ2v) is 7.52. The van der Waals surface area contributed by atoms with E-state index in [-0.39, 0.29) is 5.91 Å². The van der Waals surface area contributed by atoms with Gasteiger partial charge in [0.25, 0.3) is 5.91 Å². The van der Waals surface area contributed by atoms with Gasteiger partial charge in [-0.2, -0.15) is 0 Å². The number of quaternary nitrogens is 1. The Morgan fingerprint density at radius 1 is 1.16 bits per heavy atom. The zero-order chi connectivity index (χ0) is 17.8. The summed E-state index contributed by atoms with van der Waals surface area (Å²) in [5, 5.41) is 3.28. The highest BCUT2D eigenvalue weighted by atomic mass is 16.5. The molecule has 2 N–H and O–H groups in total. The van der Waals surface area contributed by atoms with Gasteiger partial charge in [-0.1, -0.05) is 19.8 Å². The molecule has 0 radical (unpaired) electrons. The molecular weight excluding hydrogens is 316 g/mol. The second-order valence-electron chi connectivity index (χ2n) is 7.52. The highest BCUT2D eigenvalue weighted by Gasteiger charge is 2.27. The van der Waals surface area contributed by atoms with Gasteiger partial charge in [0.1, 0.15) is 6.54 Å². The fourth-order valence-corrected chi connectivity index (χ4v) is 4.20. The van der Waals surface area contributed by atoms with Crippen LogP contribution in [0, 0.1) is 5.92 Å². The number of hydrogen-bond acceptors (Lipinski definition) is 3. The number of amides is 1. The SMILES string of the molecule is COc1cc2c(cc1OC)C[NH+](CC(=O)N[C@H]1CCCC[C@H]1C)CC2. The molecule has 1 fully saturated rings. The number of ether oxygens (including phenoxy) is 2. The molecule has 0 bridgehead atoms. The standard InChI is InChI=1S/C20H30N2O3/c1-14-6-4-5-7-17(14)21-20(23)13-22-9-8-15-10-18(24-2)19(25-3)11-16(15)12-22/h10-11,14,17H,4-9,12-13H2,1-3H3,(H,21,23)/p+1/t14-,17+/m1/s1. The van der Waals surface area contributed by atoms with Crippen molar-refractivity contribution in [3.8, 4) is 11.5 Å². The van der Waals surface area contributed by atoms with E-state index in [4.69, 9.17) is 9.47 Å². The van der Waals surface area contributed by atoms with Gasteiger partial charge in [-0.3, -0.25) is 4.79 Å². The van der Waals surface area contributed by atoms with Crippen LogP contribution in [0.4, 0.5) is 0 Å². The molecule has 1 aliphatic carbocycles. The molecule has 1 amide bonds. The van der Waals surface area contributed by atoms with E-state index in [0.29, 0.717) is 18.5 Å². The van der Waals surface area contributed by atoms with Gasteiger partial charge in [0.15, 0.2) is 18.0 Å². The lowest BCUT2D eigenvalue weighted by molar-refractivity contribution is -0.908. The Bertz CT molecular complexity index is 617. The first kappa shape index (κ1) is 18.1. The predicted octanol–water partition coefficient (Wildman–Crippen LogP) is 1.34. The predicted molar refractivity (Wildman–Crippen MR) is 97.2 cm³/mol. The van der Waals surface area contributed by atoms with Crippen LogP contribution in [0.3, 0.4) is 0 Å². The molecule has 1 aromatic carbocycles. The van der Waals surface area contributed by atoms with Crippen LogP contribution in [0.2, 0.25) is 0 Å². The van der Waals surface area contributed by atoms with Crippen molar-refractivity contribution in [3.05, 3.63) is 23.3 Å². The highest BCUT2D eigenvalue weighted by Crippen LogP contribution is 2.31. The molecule has 1 aliphatic heterocycles. The zero-order valence-electron chi connectivity index (χ0n) is 15.7. The van der Waals surface area contributed by atoms with E-state index in [1.807, 2.05) is 0 Å². The molecule has 3 atom stereocenters. The normalized spacial score (nSPS) is 25.8. The van der Waals surface area contributed by atoms with E-state index < -0.39 is 0 Å². The van der Waals surface area contributed by atoms with Gasteiger partial charge in [0.2, 0.25) is 0 Å². The Balaban J connectivity index is 1.59. The van der Waals surface area contributed by atoms with Crippen molar-refractivity contribution in [2.24, 2.45) is 5.92 Å². The molecule has 0 aromatic heterocycles. The Kier molecular flexibility index (Phi) is 5.84. The molecule has 5 nitrogen and oxygen atoms in total. The van der Waals surface area contributed by atoms with E-state index in [0.717, 1.165) is 37.4 Å². The van der Waals surface area contributed by atoms with Crippen LogP contribution < -0.4 is 19.7 Å². The van der Waals surface area contributed by atoms with E-state index in [1.165, 1.54) is 35.3 Å². The van der Waals surface area contributed by atoms with Crippen LogP contribution in [0.25, 0.3) is 0 Å². The average molecular weight is 347 g/mol. The summed E-state index contributed by atoms with van der Waals surface area (Å²) in [6.07, 6.45) is 5.87. The number of hydrogen-bond donors (Lipinski definition) is 2. The molecule has 138 valence electrons.